The van der Waals surface area contributed by atoms with Gasteiger partial charge in [-0.15, -0.1) is 0 Å². The second-order valence-electron chi connectivity index (χ2n) is 7.52. The van der Waals surface area contributed by atoms with Crippen LogP contribution in [0.5, 0.6) is 0 Å². The van der Waals surface area contributed by atoms with Crippen LogP contribution in [0.2, 0.25) is 0 Å². The van der Waals surface area contributed by atoms with Gasteiger partial charge >= 0.3 is 0 Å². The van der Waals surface area contributed by atoms with Gasteiger partial charge in [-0.3, -0.25) is 0 Å². The quantitative estimate of drug-likeness (QED) is 0.786. The van der Waals surface area contributed by atoms with Crippen LogP contribution in [-0.4, -0.2) is 49.8 Å². The molecule has 4 nitrogen and oxygen atoms in total. The van der Waals surface area contributed by atoms with E-state index in [1.54, 1.807) is 16.4 Å². The number of sulfonamides is 1. The Bertz CT molecular complexity index is 623. The fourth-order valence-electron chi connectivity index (χ4n) is 3.40. The van der Waals surface area contributed by atoms with Gasteiger partial charge < -0.3 is 4.90 Å². The fraction of sp³-hybridized carbons (Fsp3) is 0.684. The normalized spacial score (nSPS) is 20.9. The van der Waals surface area contributed by atoms with Crippen molar-refractivity contribution in [1.29, 1.82) is 0 Å². The molecule has 0 aromatic heterocycles. The van der Waals surface area contributed by atoms with Crippen molar-refractivity contribution in [3.05, 3.63) is 29.8 Å². The first kappa shape index (κ1) is 19.4. The molecule has 1 aromatic rings. The standard InChI is InChI=1S/C19H32N2O2S/c1-6-20-11-12-21(18(14-20)13-15(2)3)24(22,23)19-9-7-17(8-10-19)16(4)5/h7-10,15-16,18H,6,11-14H2,1-5H3. The zero-order chi connectivity index (χ0) is 17.9. The van der Waals surface area contributed by atoms with Gasteiger partial charge in [-0.2, -0.15) is 4.31 Å². The molecule has 1 aliphatic heterocycles. The molecule has 5 heteroatoms. The van der Waals surface area contributed by atoms with Gasteiger partial charge in [-0.25, -0.2) is 8.42 Å². The largest absolute Gasteiger partial charge is 0.301 e. The average Bonchev–Trinajstić information content (AvgIpc) is 2.54. The molecule has 1 aromatic carbocycles. The van der Waals surface area contributed by atoms with E-state index < -0.39 is 10.0 Å². The number of nitrogens with zero attached hydrogens (tertiary/aromatic N) is 2. The summed E-state index contributed by atoms with van der Waals surface area (Å²) in [5.74, 6) is 0.886. The van der Waals surface area contributed by atoms with Crippen LogP contribution in [0.25, 0.3) is 0 Å². The molecule has 1 heterocycles. The highest BCUT2D eigenvalue weighted by Gasteiger charge is 2.35. The number of rotatable bonds is 6. The van der Waals surface area contributed by atoms with Gasteiger partial charge in [0.15, 0.2) is 0 Å². The van der Waals surface area contributed by atoms with Crippen molar-refractivity contribution < 1.29 is 8.42 Å². The SMILES string of the molecule is CCN1CCN(S(=O)(=O)c2ccc(C(C)C)cc2)C(CC(C)C)C1. The lowest BCUT2D eigenvalue weighted by Crippen LogP contribution is -2.55. The molecule has 1 atom stereocenters. The van der Waals surface area contributed by atoms with Crippen LogP contribution in [0, 0.1) is 5.92 Å². The van der Waals surface area contributed by atoms with Crippen LogP contribution >= 0.6 is 0 Å². The number of piperazine rings is 1. The van der Waals surface area contributed by atoms with E-state index in [4.69, 9.17) is 0 Å². The van der Waals surface area contributed by atoms with Crippen molar-refractivity contribution >= 4 is 10.0 Å². The summed E-state index contributed by atoms with van der Waals surface area (Å²) < 4.78 is 28.1. The molecule has 2 rings (SSSR count). The Morgan fingerprint density at radius 1 is 1.08 bits per heavy atom. The highest BCUT2D eigenvalue weighted by atomic mass is 32.2. The molecule has 1 saturated heterocycles. The van der Waals surface area contributed by atoms with E-state index in [1.807, 2.05) is 12.1 Å². The summed E-state index contributed by atoms with van der Waals surface area (Å²) >= 11 is 0. The van der Waals surface area contributed by atoms with Crippen molar-refractivity contribution in [3.63, 3.8) is 0 Å². The first-order valence-corrected chi connectivity index (χ1v) is 10.5. The topological polar surface area (TPSA) is 40.6 Å². The van der Waals surface area contributed by atoms with Gasteiger partial charge in [-0.1, -0.05) is 46.8 Å². The second kappa shape index (κ2) is 7.98. The summed E-state index contributed by atoms with van der Waals surface area (Å²) in [6.45, 7) is 13.9. The predicted octanol–water partition coefficient (Wildman–Crippen LogP) is 3.55. The van der Waals surface area contributed by atoms with E-state index in [9.17, 15) is 8.42 Å². The predicted molar refractivity (Wildman–Crippen MR) is 99.8 cm³/mol. The Kier molecular flexibility index (Phi) is 6.46. The third-order valence-corrected chi connectivity index (χ3v) is 6.82. The lowest BCUT2D eigenvalue weighted by Gasteiger charge is -2.41. The Labute approximate surface area is 147 Å². The van der Waals surface area contributed by atoms with Crippen molar-refractivity contribution in [3.8, 4) is 0 Å². The van der Waals surface area contributed by atoms with Crippen LogP contribution in [0.1, 0.15) is 52.5 Å². The smallest absolute Gasteiger partial charge is 0.243 e. The average molecular weight is 353 g/mol. The summed E-state index contributed by atoms with van der Waals surface area (Å²) in [6.07, 6.45) is 0.903. The van der Waals surface area contributed by atoms with E-state index in [1.165, 1.54) is 5.56 Å². The van der Waals surface area contributed by atoms with Crippen LogP contribution in [0.3, 0.4) is 0 Å². The van der Waals surface area contributed by atoms with E-state index >= 15 is 0 Å². The Morgan fingerprint density at radius 3 is 2.21 bits per heavy atom. The Balaban J connectivity index is 2.27. The summed E-state index contributed by atoms with van der Waals surface area (Å²) in [5, 5.41) is 0. The Hall–Kier alpha value is -0.910. The van der Waals surface area contributed by atoms with Gasteiger partial charge in [0.05, 0.1) is 4.90 Å². The fourth-order valence-corrected chi connectivity index (χ4v) is 5.02. The molecule has 136 valence electrons. The zero-order valence-corrected chi connectivity index (χ0v) is 16.5. The highest BCUT2D eigenvalue weighted by molar-refractivity contribution is 7.89. The van der Waals surface area contributed by atoms with E-state index in [2.05, 4.69) is 39.5 Å². The number of likely N-dealkylation sites (N-methyl/N-ethyl adjacent to an activating group) is 1. The van der Waals surface area contributed by atoms with E-state index in [0.29, 0.717) is 23.3 Å². The molecular formula is C19H32N2O2S. The van der Waals surface area contributed by atoms with Crippen molar-refractivity contribution in [2.24, 2.45) is 5.92 Å². The zero-order valence-electron chi connectivity index (χ0n) is 15.7. The van der Waals surface area contributed by atoms with Gasteiger partial charge in [0.1, 0.15) is 0 Å². The first-order chi connectivity index (χ1) is 11.3. The van der Waals surface area contributed by atoms with E-state index in [-0.39, 0.29) is 6.04 Å². The molecule has 0 aliphatic carbocycles. The van der Waals surface area contributed by atoms with Crippen LogP contribution in [0.4, 0.5) is 0 Å². The minimum absolute atomic E-state index is 0.0634. The van der Waals surface area contributed by atoms with Crippen LogP contribution in [-0.2, 0) is 10.0 Å². The van der Waals surface area contributed by atoms with E-state index in [0.717, 1.165) is 26.1 Å². The monoisotopic (exact) mass is 352 g/mol. The molecule has 24 heavy (non-hydrogen) atoms. The third kappa shape index (κ3) is 4.38. The van der Waals surface area contributed by atoms with Crippen LogP contribution < -0.4 is 0 Å². The Morgan fingerprint density at radius 2 is 1.71 bits per heavy atom. The molecule has 1 unspecified atom stereocenters. The van der Waals surface area contributed by atoms with Crippen molar-refractivity contribution in [1.82, 2.24) is 9.21 Å². The summed E-state index contributed by atoms with van der Waals surface area (Å²) in [4.78, 5) is 2.77. The highest BCUT2D eigenvalue weighted by Crippen LogP contribution is 2.26. The van der Waals surface area contributed by atoms with Gasteiger partial charge in [-0.05, 0) is 42.5 Å². The lowest BCUT2D eigenvalue weighted by molar-refractivity contribution is 0.127. The maximum absolute atomic E-state index is 13.2. The molecule has 1 aliphatic rings. The molecule has 0 spiro atoms. The van der Waals surface area contributed by atoms with Gasteiger partial charge in [0.25, 0.3) is 0 Å². The molecule has 0 saturated carbocycles. The first-order valence-electron chi connectivity index (χ1n) is 9.09. The number of hydrogen-bond acceptors (Lipinski definition) is 3. The van der Waals surface area contributed by atoms with Gasteiger partial charge in [0, 0.05) is 25.7 Å². The molecule has 1 fully saturated rings. The minimum Gasteiger partial charge on any atom is -0.301 e. The molecule has 0 radical (unpaired) electrons. The molecular weight excluding hydrogens is 320 g/mol. The summed E-state index contributed by atoms with van der Waals surface area (Å²) in [7, 11) is -3.42. The van der Waals surface area contributed by atoms with Gasteiger partial charge in [0.2, 0.25) is 10.0 Å². The number of benzene rings is 1. The lowest BCUT2D eigenvalue weighted by atomic mass is 10.0. The minimum atomic E-state index is -3.42. The summed E-state index contributed by atoms with van der Waals surface area (Å²) in [6, 6.07) is 7.48. The molecule has 0 N–H and O–H groups in total. The van der Waals surface area contributed by atoms with Crippen molar-refractivity contribution in [2.45, 2.75) is 57.9 Å². The molecule has 0 amide bonds. The number of hydrogen-bond donors (Lipinski definition) is 0. The maximum Gasteiger partial charge on any atom is 0.243 e. The van der Waals surface area contributed by atoms with Crippen molar-refractivity contribution in [2.75, 3.05) is 26.2 Å². The second-order valence-corrected chi connectivity index (χ2v) is 9.41. The van der Waals surface area contributed by atoms with Crippen LogP contribution in [0.15, 0.2) is 29.2 Å². The summed E-state index contributed by atoms with van der Waals surface area (Å²) in [5.41, 5.74) is 1.17. The molecule has 0 bridgehead atoms. The third-order valence-electron chi connectivity index (χ3n) is 4.86. The maximum atomic E-state index is 13.2.